The maximum atomic E-state index is 6.79. The van der Waals surface area contributed by atoms with E-state index in [1.807, 2.05) is 0 Å². The van der Waals surface area contributed by atoms with Gasteiger partial charge >= 0.3 is 0 Å². The molecule has 0 bridgehead atoms. The number of aromatic nitrogens is 4. The Bertz CT molecular complexity index is 2940. The Morgan fingerprint density at radius 2 is 1.32 bits per heavy atom. The molecule has 2 unspecified atom stereocenters. The van der Waals surface area contributed by atoms with Crippen molar-refractivity contribution in [3.63, 3.8) is 0 Å². The number of hydrogen-bond acceptors (Lipinski definition) is 1. The fourth-order valence-electron chi connectivity index (χ4n) is 10.8. The van der Waals surface area contributed by atoms with Crippen LogP contribution < -0.4 is 9.13 Å². The number of imidazole rings is 2. The van der Waals surface area contributed by atoms with Crippen LogP contribution in [0.15, 0.2) is 133 Å². The van der Waals surface area contributed by atoms with Gasteiger partial charge in [-0.2, -0.15) is 13.7 Å². The van der Waals surface area contributed by atoms with Crippen molar-refractivity contribution in [1.29, 1.82) is 0 Å². The molecule has 2 aliphatic rings. The predicted octanol–water partition coefficient (Wildman–Crippen LogP) is 13.7. The lowest BCUT2D eigenvalue weighted by Crippen LogP contribution is -2.47. The van der Waals surface area contributed by atoms with E-state index in [0.717, 1.165) is 41.9 Å². The normalized spacial score (nSPS) is 16.4. The molecule has 10 rings (SSSR count). The Labute approximate surface area is 355 Å². The van der Waals surface area contributed by atoms with Crippen LogP contribution in [0.4, 0.5) is 0 Å². The third-order valence-electron chi connectivity index (χ3n) is 13.6. The number of fused-ring (bicyclic) bond motifs is 12. The second-order valence-electron chi connectivity index (χ2n) is 18.6. The van der Waals surface area contributed by atoms with Crippen molar-refractivity contribution in [3.05, 3.63) is 162 Å². The molecule has 0 radical (unpaired) electrons. The highest BCUT2D eigenvalue weighted by Gasteiger charge is 2.43. The molecule has 5 heterocycles. The molecule has 0 saturated carbocycles. The zero-order chi connectivity index (χ0) is 41.6. The van der Waals surface area contributed by atoms with Crippen molar-refractivity contribution < 1.29 is 13.6 Å². The highest BCUT2D eigenvalue weighted by atomic mass is 16.3. The van der Waals surface area contributed by atoms with Crippen LogP contribution in [0.3, 0.4) is 0 Å². The van der Waals surface area contributed by atoms with Gasteiger partial charge in [0.25, 0.3) is 11.6 Å². The largest absolute Gasteiger partial charge is 0.456 e. The van der Waals surface area contributed by atoms with Crippen molar-refractivity contribution in [2.24, 2.45) is 0 Å². The van der Waals surface area contributed by atoms with E-state index in [4.69, 9.17) is 11.0 Å². The minimum absolute atomic E-state index is 0.177. The molecule has 0 N–H and O–H groups in total. The van der Waals surface area contributed by atoms with Crippen molar-refractivity contribution in [2.45, 2.75) is 110 Å². The van der Waals surface area contributed by atoms with Gasteiger partial charge in [-0.3, -0.25) is 0 Å². The van der Waals surface area contributed by atoms with Gasteiger partial charge in [-0.15, -0.1) is 0 Å². The number of furan rings is 1. The van der Waals surface area contributed by atoms with E-state index in [2.05, 4.69) is 196 Å². The maximum Gasteiger partial charge on any atom is 0.299 e. The zero-order valence-corrected chi connectivity index (χ0v) is 36.5. The van der Waals surface area contributed by atoms with Gasteiger partial charge in [0.05, 0.1) is 17.5 Å². The van der Waals surface area contributed by atoms with Gasteiger partial charge in [-0.1, -0.05) is 135 Å². The molecule has 0 fully saturated rings. The Morgan fingerprint density at radius 3 is 2.05 bits per heavy atom. The van der Waals surface area contributed by atoms with E-state index in [1.165, 1.54) is 72.5 Å². The molecule has 2 atom stereocenters. The van der Waals surface area contributed by atoms with E-state index in [0.29, 0.717) is 17.8 Å². The summed E-state index contributed by atoms with van der Waals surface area (Å²) in [7, 11) is 0. The van der Waals surface area contributed by atoms with Crippen LogP contribution in [-0.4, -0.2) is 9.13 Å². The molecule has 8 aromatic rings. The zero-order valence-electron chi connectivity index (χ0n) is 36.5. The fraction of sp³-hybridized carbons (Fsp3) is 0.309. The van der Waals surface area contributed by atoms with Gasteiger partial charge in [0, 0.05) is 38.9 Å². The van der Waals surface area contributed by atoms with Crippen LogP contribution in [0.5, 0.6) is 0 Å². The minimum Gasteiger partial charge on any atom is -0.456 e. The SMILES string of the molecule is C=C1CC2C(CCc3ccccc3-c3n1cc[n+]3-c1c(C(C)C)cc3c(oc4ccccc43)c1C(C)C)c1ccccc1-c1n(-c3c(C(C)C)cccc3C(C)C)cc[n+]12. The molecule has 0 amide bonds. The van der Waals surface area contributed by atoms with Crippen molar-refractivity contribution in [1.82, 2.24) is 9.13 Å². The molecule has 0 aliphatic carbocycles. The number of rotatable bonds is 6. The van der Waals surface area contributed by atoms with Gasteiger partial charge in [-0.05, 0) is 71.9 Å². The molecule has 302 valence electrons. The van der Waals surface area contributed by atoms with E-state index in [9.17, 15) is 0 Å². The van der Waals surface area contributed by atoms with E-state index in [-0.39, 0.29) is 17.9 Å². The molecule has 0 saturated heterocycles. The van der Waals surface area contributed by atoms with E-state index < -0.39 is 0 Å². The van der Waals surface area contributed by atoms with Gasteiger partial charge in [0.2, 0.25) is 0 Å². The first-order chi connectivity index (χ1) is 29.0. The molecule has 0 spiro atoms. The third-order valence-corrected chi connectivity index (χ3v) is 13.6. The van der Waals surface area contributed by atoms with Crippen molar-refractivity contribution in [2.75, 3.05) is 0 Å². The third kappa shape index (κ3) is 5.87. The van der Waals surface area contributed by atoms with Crippen LogP contribution in [-0.2, 0) is 6.42 Å². The quantitative estimate of drug-likeness (QED) is 0.154. The van der Waals surface area contributed by atoms with Crippen LogP contribution in [0.25, 0.3) is 61.8 Å². The van der Waals surface area contributed by atoms with Crippen molar-refractivity contribution >= 4 is 27.6 Å². The monoisotopic (exact) mass is 790 g/mol. The first kappa shape index (κ1) is 38.3. The maximum absolute atomic E-state index is 6.79. The summed E-state index contributed by atoms with van der Waals surface area (Å²) in [5.41, 5.74) is 16.3. The highest BCUT2D eigenvalue weighted by Crippen LogP contribution is 2.47. The first-order valence-corrected chi connectivity index (χ1v) is 22.3. The van der Waals surface area contributed by atoms with E-state index >= 15 is 0 Å². The number of para-hydroxylation sites is 2. The summed E-state index contributed by atoms with van der Waals surface area (Å²) >= 11 is 0. The van der Waals surface area contributed by atoms with Gasteiger partial charge in [0.1, 0.15) is 59.1 Å². The predicted molar refractivity (Wildman–Crippen MR) is 246 cm³/mol. The average Bonchev–Trinajstić information content (AvgIpc) is 3.98. The Kier molecular flexibility index (Phi) is 9.35. The highest BCUT2D eigenvalue weighted by molar-refractivity contribution is 6.07. The fourth-order valence-corrected chi connectivity index (χ4v) is 10.8. The Morgan fingerprint density at radius 1 is 0.650 bits per heavy atom. The number of hydrogen-bond donors (Lipinski definition) is 0. The van der Waals surface area contributed by atoms with Gasteiger partial charge in [-0.25, -0.2) is 4.57 Å². The minimum atomic E-state index is 0.177. The summed E-state index contributed by atoms with van der Waals surface area (Å²) < 4.78 is 16.8. The molecule has 5 heteroatoms. The van der Waals surface area contributed by atoms with Gasteiger partial charge < -0.3 is 4.42 Å². The summed E-state index contributed by atoms with van der Waals surface area (Å²) in [6.07, 6.45) is 12.1. The first-order valence-electron chi connectivity index (χ1n) is 22.3. The number of allylic oxidation sites excluding steroid dienone is 1. The summed E-state index contributed by atoms with van der Waals surface area (Å²) in [6.45, 7) is 23.5. The number of benzene rings is 5. The van der Waals surface area contributed by atoms with Crippen LogP contribution in [0, 0.1) is 0 Å². The number of aryl methyl sites for hydroxylation is 1. The average molecular weight is 791 g/mol. The second-order valence-corrected chi connectivity index (χ2v) is 18.6. The summed E-state index contributed by atoms with van der Waals surface area (Å²) in [6, 6.07) is 36.3. The van der Waals surface area contributed by atoms with Crippen LogP contribution in [0.2, 0.25) is 0 Å². The lowest BCUT2D eigenvalue weighted by molar-refractivity contribution is -0.716. The van der Waals surface area contributed by atoms with Gasteiger partial charge in [0.15, 0.2) is 0 Å². The standard InChI is InChI=1S/C55H58N4O/c1-33(2)39-22-16-23-40(34(3)4)51(39)58-30-28-57-48-31-37(9)56-27-29-59(52-46(35(5)6)32-47-44-20-14-15-24-49(44)60-53(47)50(52)36(7)8)54(56)41-18-11-10-17-38(41)25-26-43(48)42-19-12-13-21-45(42)55(57)58/h10-24,27-30,32-36,43,48H,9,25-26,31H2,1-8H3/q+2. The molecule has 2 aliphatic heterocycles. The van der Waals surface area contributed by atoms with Crippen LogP contribution >= 0.6 is 0 Å². The smallest absolute Gasteiger partial charge is 0.299 e. The van der Waals surface area contributed by atoms with Crippen molar-refractivity contribution in [3.8, 4) is 34.2 Å². The molecule has 3 aromatic heterocycles. The van der Waals surface area contributed by atoms with E-state index in [1.54, 1.807) is 0 Å². The Balaban J connectivity index is 1.19. The molecular weight excluding hydrogens is 733 g/mol. The summed E-state index contributed by atoms with van der Waals surface area (Å²) in [5.74, 6) is 4.01. The molecule has 60 heavy (non-hydrogen) atoms. The Hall–Kier alpha value is -5.94. The summed E-state index contributed by atoms with van der Waals surface area (Å²) in [5, 5.41) is 2.37. The lowest BCUT2D eigenvalue weighted by Gasteiger charge is -2.32. The second kappa shape index (κ2) is 14.7. The number of nitrogens with zero attached hydrogens (tertiary/aromatic N) is 4. The molecule has 5 nitrogen and oxygen atoms in total. The molecular formula is C55H58N4O+2. The molecule has 5 aromatic carbocycles. The summed E-state index contributed by atoms with van der Waals surface area (Å²) in [4.78, 5) is 0. The topological polar surface area (TPSA) is 30.8 Å². The van der Waals surface area contributed by atoms with Crippen LogP contribution in [0.1, 0.15) is 137 Å². The lowest BCUT2D eigenvalue weighted by atomic mass is 9.78.